The molecule has 0 aromatic heterocycles. The van der Waals surface area contributed by atoms with E-state index in [0.717, 1.165) is 13.1 Å². The third-order valence-electron chi connectivity index (χ3n) is 1.96. The standard InChI is InChI=1S/C9H18N2O3/c1-2-10-3-4-11-9(12)8-7-13-5-6-14-8/h8,10H,2-7H2,1H3,(H,11,12). The third-order valence-corrected chi connectivity index (χ3v) is 1.96. The maximum absolute atomic E-state index is 11.4. The van der Waals surface area contributed by atoms with Crippen molar-refractivity contribution in [2.24, 2.45) is 0 Å². The fraction of sp³-hybridized carbons (Fsp3) is 0.889. The normalized spacial score (nSPS) is 21.9. The number of likely N-dealkylation sites (N-methyl/N-ethyl adjacent to an activating group) is 1. The number of hydrogen-bond acceptors (Lipinski definition) is 4. The molecule has 1 unspecified atom stereocenters. The molecule has 0 radical (unpaired) electrons. The number of ether oxygens (including phenoxy) is 2. The molecule has 82 valence electrons. The molecule has 1 saturated heterocycles. The summed E-state index contributed by atoms with van der Waals surface area (Å²) in [5.41, 5.74) is 0. The lowest BCUT2D eigenvalue weighted by molar-refractivity contribution is -0.147. The zero-order valence-electron chi connectivity index (χ0n) is 8.54. The average molecular weight is 202 g/mol. The van der Waals surface area contributed by atoms with E-state index in [1.165, 1.54) is 0 Å². The van der Waals surface area contributed by atoms with Gasteiger partial charge in [-0.3, -0.25) is 4.79 Å². The van der Waals surface area contributed by atoms with Gasteiger partial charge in [-0.2, -0.15) is 0 Å². The molecule has 0 aromatic carbocycles. The first-order valence-electron chi connectivity index (χ1n) is 5.02. The topological polar surface area (TPSA) is 59.6 Å². The van der Waals surface area contributed by atoms with E-state index in [1.54, 1.807) is 0 Å². The van der Waals surface area contributed by atoms with Crippen LogP contribution in [-0.4, -0.2) is 51.5 Å². The molecule has 1 aliphatic heterocycles. The van der Waals surface area contributed by atoms with E-state index in [-0.39, 0.29) is 5.91 Å². The lowest BCUT2D eigenvalue weighted by atomic mass is 10.3. The van der Waals surface area contributed by atoms with Gasteiger partial charge in [0, 0.05) is 13.1 Å². The van der Waals surface area contributed by atoms with Gasteiger partial charge < -0.3 is 20.1 Å². The van der Waals surface area contributed by atoms with Crippen molar-refractivity contribution in [3.05, 3.63) is 0 Å². The van der Waals surface area contributed by atoms with Crippen molar-refractivity contribution in [1.29, 1.82) is 0 Å². The highest BCUT2D eigenvalue weighted by molar-refractivity contribution is 5.80. The van der Waals surface area contributed by atoms with E-state index in [1.807, 2.05) is 6.92 Å². The molecule has 0 aromatic rings. The van der Waals surface area contributed by atoms with Gasteiger partial charge in [-0.25, -0.2) is 0 Å². The highest BCUT2D eigenvalue weighted by atomic mass is 16.6. The molecule has 1 amide bonds. The Balaban J connectivity index is 2.07. The van der Waals surface area contributed by atoms with Crippen LogP contribution in [-0.2, 0) is 14.3 Å². The molecule has 1 rings (SSSR count). The van der Waals surface area contributed by atoms with Crippen LogP contribution in [0.25, 0.3) is 0 Å². The van der Waals surface area contributed by atoms with E-state index in [9.17, 15) is 4.79 Å². The van der Waals surface area contributed by atoms with Crippen molar-refractivity contribution < 1.29 is 14.3 Å². The molecule has 2 N–H and O–H groups in total. The zero-order chi connectivity index (χ0) is 10.2. The predicted octanol–water partition coefficient (Wildman–Crippen LogP) is -0.872. The number of carbonyl (C=O) groups is 1. The van der Waals surface area contributed by atoms with Gasteiger partial charge in [-0.05, 0) is 6.54 Å². The van der Waals surface area contributed by atoms with Crippen LogP contribution in [0.5, 0.6) is 0 Å². The van der Waals surface area contributed by atoms with Gasteiger partial charge in [0.2, 0.25) is 0 Å². The monoisotopic (exact) mass is 202 g/mol. The van der Waals surface area contributed by atoms with Gasteiger partial charge in [-0.15, -0.1) is 0 Å². The van der Waals surface area contributed by atoms with Crippen LogP contribution in [0.1, 0.15) is 6.92 Å². The maximum Gasteiger partial charge on any atom is 0.251 e. The third kappa shape index (κ3) is 4.04. The van der Waals surface area contributed by atoms with Crippen molar-refractivity contribution in [2.45, 2.75) is 13.0 Å². The minimum Gasteiger partial charge on any atom is -0.376 e. The smallest absolute Gasteiger partial charge is 0.251 e. The van der Waals surface area contributed by atoms with Gasteiger partial charge in [0.15, 0.2) is 6.10 Å². The second kappa shape index (κ2) is 6.75. The minimum atomic E-state index is -0.426. The molecule has 0 spiro atoms. The first kappa shape index (κ1) is 11.4. The predicted molar refractivity (Wildman–Crippen MR) is 52.1 cm³/mol. The van der Waals surface area contributed by atoms with Crippen LogP contribution in [0.2, 0.25) is 0 Å². The molecule has 0 aliphatic carbocycles. The Hall–Kier alpha value is -0.650. The van der Waals surface area contributed by atoms with Crippen LogP contribution in [0.4, 0.5) is 0 Å². The van der Waals surface area contributed by atoms with E-state index >= 15 is 0 Å². The van der Waals surface area contributed by atoms with E-state index in [4.69, 9.17) is 9.47 Å². The van der Waals surface area contributed by atoms with Crippen LogP contribution in [0.15, 0.2) is 0 Å². The Morgan fingerprint density at radius 3 is 2.93 bits per heavy atom. The van der Waals surface area contributed by atoms with Crippen molar-refractivity contribution in [3.8, 4) is 0 Å². The summed E-state index contributed by atoms with van der Waals surface area (Å²) in [4.78, 5) is 11.4. The highest BCUT2D eigenvalue weighted by Crippen LogP contribution is 1.99. The lowest BCUT2D eigenvalue weighted by Crippen LogP contribution is -2.44. The Labute approximate surface area is 84.1 Å². The Kier molecular flexibility index (Phi) is 5.51. The quantitative estimate of drug-likeness (QED) is 0.569. The second-order valence-electron chi connectivity index (χ2n) is 3.08. The van der Waals surface area contributed by atoms with Crippen molar-refractivity contribution in [3.63, 3.8) is 0 Å². The molecule has 1 atom stereocenters. The molecule has 5 heteroatoms. The summed E-state index contributed by atoms with van der Waals surface area (Å²) >= 11 is 0. The molecule has 1 fully saturated rings. The van der Waals surface area contributed by atoms with Crippen LogP contribution in [0, 0.1) is 0 Å². The summed E-state index contributed by atoms with van der Waals surface area (Å²) in [6.07, 6.45) is -0.426. The number of hydrogen-bond donors (Lipinski definition) is 2. The molecule has 0 saturated carbocycles. The fourth-order valence-electron chi connectivity index (χ4n) is 1.20. The van der Waals surface area contributed by atoms with Gasteiger partial charge >= 0.3 is 0 Å². The Morgan fingerprint density at radius 1 is 1.43 bits per heavy atom. The number of nitrogens with one attached hydrogen (secondary N) is 2. The van der Waals surface area contributed by atoms with E-state index in [2.05, 4.69) is 10.6 Å². The number of carbonyl (C=O) groups excluding carboxylic acids is 1. The fourth-order valence-corrected chi connectivity index (χ4v) is 1.20. The summed E-state index contributed by atoms with van der Waals surface area (Å²) in [5.74, 6) is -0.0809. The summed E-state index contributed by atoms with van der Waals surface area (Å²) < 4.78 is 10.4. The van der Waals surface area contributed by atoms with Gasteiger partial charge in [-0.1, -0.05) is 6.92 Å². The van der Waals surface area contributed by atoms with E-state index < -0.39 is 6.10 Å². The Bertz CT molecular complexity index is 169. The van der Waals surface area contributed by atoms with Gasteiger partial charge in [0.1, 0.15) is 0 Å². The zero-order valence-corrected chi connectivity index (χ0v) is 8.54. The van der Waals surface area contributed by atoms with Crippen molar-refractivity contribution >= 4 is 5.91 Å². The number of rotatable bonds is 5. The first-order chi connectivity index (χ1) is 6.84. The molecule has 0 bridgehead atoms. The molecule has 14 heavy (non-hydrogen) atoms. The second-order valence-corrected chi connectivity index (χ2v) is 3.08. The highest BCUT2D eigenvalue weighted by Gasteiger charge is 2.21. The maximum atomic E-state index is 11.4. The molecular formula is C9H18N2O3. The summed E-state index contributed by atoms with van der Waals surface area (Å²) in [7, 11) is 0. The number of amides is 1. The minimum absolute atomic E-state index is 0.0809. The van der Waals surface area contributed by atoms with Crippen LogP contribution < -0.4 is 10.6 Å². The van der Waals surface area contributed by atoms with Crippen LogP contribution >= 0.6 is 0 Å². The summed E-state index contributed by atoms with van der Waals surface area (Å²) in [6, 6.07) is 0. The van der Waals surface area contributed by atoms with Crippen molar-refractivity contribution in [1.82, 2.24) is 10.6 Å². The lowest BCUT2D eigenvalue weighted by Gasteiger charge is -2.21. The Morgan fingerprint density at radius 2 is 2.29 bits per heavy atom. The van der Waals surface area contributed by atoms with Crippen LogP contribution in [0.3, 0.4) is 0 Å². The van der Waals surface area contributed by atoms with Gasteiger partial charge in [0.25, 0.3) is 5.91 Å². The SMILES string of the molecule is CCNCCNC(=O)C1COCCO1. The average Bonchev–Trinajstić information content (AvgIpc) is 2.25. The summed E-state index contributed by atoms with van der Waals surface area (Å²) in [5, 5.41) is 5.90. The van der Waals surface area contributed by atoms with Gasteiger partial charge in [0.05, 0.1) is 19.8 Å². The summed E-state index contributed by atoms with van der Waals surface area (Å²) in [6.45, 7) is 5.82. The molecule has 1 aliphatic rings. The molecule has 5 nitrogen and oxygen atoms in total. The first-order valence-corrected chi connectivity index (χ1v) is 5.02. The van der Waals surface area contributed by atoms with Crippen molar-refractivity contribution in [2.75, 3.05) is 39.5 Å². The largest absolute Gasteiger partial charge is 0.376 e. The molecule has 1 heterocycles. The van der Waals surface area contributed by atoms with E-state index in [0.29, 0.717) is 26.4 Å². The molecular weight excluding hydrogens is 184 g/mol.